The number of nitrogens with two attached hydrogens (primary N) is 1. The van der Waals surface area contributed by atoms with Gasteiger partial charge >= 0.3 is 0 Å². The van der Waals surface area contributed by atoms with Crippen molar-refractivity contribution in [2.75, 3.05) is 7.11 Å². The van der Waals surface area contributed by atoms with Crippen LogP contribution < -0.4 is 5.73 Å². The molecule has 56 valence electrons. The quantitative estimate of drug-likeness (QED) is 0.361. The third-order valence-corrected chi connectivity index (χ3v) is 1.07. The van der Waals surface area contributed by atoms with Gasteiger partial charge in [0.1, 0.15) is 5.76 Å². The first-order chi connectivity index (χ1) is 4.72. The van der Waals surface area contributed by atoms with Crippen LogP contribution in [0.2, 0.25) is 0 Å². The molecule has 0 saturated carbocycles. The van der Waals surface area contributed by atoms with Crippen LogP contribution in [0.1, 0.15) is 6.92 Å². The minimum atomic E-state index is 0.565. The van der Waals surface area contributed by atoms with Crippen LogP contribution in [-0.4, -0.2) is 13.8 Å². The van der Waals surface area contributed by atoms with Crippen molar-refractivity contribution in [3.63, 3.8) is 0 Å². The molecule has 0 heterocycles. The molecule has 0 fully saturated rings. The van der Waals surface area contributed by atoms with E-state index in [1.165, 1.54) is 6.20 Å². The first kappa shape index (κ1) is 8.75. The average molecular weight is 140 g/mol. The van der Waals surface area contributed by atoms with E-state index in [4.69, 9.17) is 10.5 Å². The largest absolute Gasteiger partial charge is 0.499 e. The number of hydrogen-bond acceptors (Lipinski definition) is 3. The van der Waals surface area contributed by atoms with E-state index in [-0.39, 0.29) is 0 Å². The van der Waals surface area contributed by atoms with Crippen LogP contribution in [0.25, 0.3) is 0 Å². The molecule has 0 aliphatic rings. The molecule has 0 aliphatic carbocycles. The number of ether oxygens (including phenoxy) is 1. The van der Waals surface area contributed by atoms with Gasteiger partial charge in [0.15, 0.2) is 0 Å². The molecule has 0 rings (SSSR count). The SMILES string of the molecule is C=N/C=C\C(N)=C(/C)OC. The summed E-state index contributed by atoms with van der Waals surface area (Å²) in [5.41, 5.74) is 6.06. The Morgan fingerprint density at radius 2 is 2.30 bits per heavy atom. The molecule has 10 heavy (non-hydrogen) atoms. The van der Waals surface area contributed by atoms with Gasteiger partial charge in [0.2, 0.25) is 0 Å². The van der Waals surface area contributed by atoms with E-state index < -0.39 is 0 Å². The minimum Gasteiger partial charge on any atom is -0.499 e. The van der Waals surface area contributed by atoms with E-state index in [0.717, 1.165) is 0 Å². The van der Waals surface area contributed by atoms with Crippen molar-refractivity contribution >= 4 is 6.72 Å². The Morgan fingerprint density at radius 3 is 2.70 bits per heavy atom. The Hall–Kier alpha value is -1.25. The molecule has 0 aromatic carbocycles. The van der Waals surface area contributed by atoms with E-state index in [9.17, 15) is 0 Å². The van der Waals surface area contributed by atoms with Gasteiger partial charge in [-0.25, -0.2) is 0 Å². The number of hydrogen-bond donors (Lipinski definition) is 1. The van der Waals surface area contributed by atoms with Crippen molar-refractivity contribution in [3.05, 3.63) is 23.7 Å². The summed E-state index contributed by atoms with van der Waals surface area (Å²) >= 11 is 0. The number of nitrogens with zero attached hydrogens (tertiary/aromatic N) is 1. The molecule has 0 atom stereocenters. The van der Waals surface area contributed by atoms with Gasteiger partial charge in [-0.05, 0) is 19.7 Å². The van der Waals surface area contributed by atoms with Gasteiger partial charge in [-0.1, -0.05) is 0 Å². The van der Waals surface area contributed by atoms with Crippen molar-refractivity contribution in [1.29, 1.82) is 0 Å². The maximum absolute atomic E-state index is 5.49. The Bertz CT molecular complexity index is 170. The van der Waals surface area contributed by atoms with Crippen LogP contribution in [0, 0.1) is 0 Å². The monoisotopic (exact) mass is 140 g/mol. The molecular weight excluding hydrogens is 128 g/mol. The Kier molecular flexibility index (Phi) is 4.04. The summed E-state index contributed by atoms with van der Waals surface area (Å²) in [7, 11) is 1.57. The fraction of sp³-hybridized carbons (Fsp3) is 0.286. The van der Waals surface area contributed by atoms with Gasteiger partial charge in [-0.3, -0.25) is 4.99 Å². The van der Waals surface area contributed by atoms with Gasteiger partial charge in [0, 0.05) is 6.20 Å². The predicted molar refractivity (Wildman–Crippen MR) is 42.6 cm³/mol. The van der Waals surface area contributed by atoms with E-state index in [1.807, 2.05) is 0 Å². The number of allylic oxidation sites excluding steroid dienone is 2. The summed E-state index contributed by atoms with van der Waals surface area (Å²) in [6, 6.07) is 0. The summed E-state index contributed by atoms with van der Waals surface area (Å²) in [5.74, 6) is 0.680. The maximum Gasteiger partial charge on any atom is 0.115 e. The third-order valence-electron chi connectivity index (χ3n) is 1.07. The van der Waals surface area contributed by atoms with Crippen molar-refractivity contribution in [3.8, 4) is 0 Å². The maximum atomic E-state index is 5.49. The molecular formula is C7H12N2O. The van der Waals surface area contributed by atoms with Crippen molar-refractivity contribution in [1.82, 2.24) is 0 Å². The molecule has 0 bridgehead atoms. The zero-order valence-corrected chi connectivity index (χ0v) is 6.29. The summed E-state index contributed by atoms with van der Waals surface area (Å²) in [5, 5.41) is 0. The van der Waals surface area contributed by atoms with Crippen LogP contribution in [0.3, 0.4) is 0 Å². The highest BCUT2D eigenvalue weighted by molar-refractivity contribution is 5.27. The van der Waals surface area contributed by atoms with Gasteiger partial charge in [0.05, 0.1) is 12.8 Å². The molecule has 0 aromatic rings. The van der Waals surface area contributed by atoms with Crippen LogP contribution in [0.4, 0.5) is 0 Å². The molecule has 0 saturated heterocycles. The molecule has 0 spiro atoms. The van der Waals surface area contributed by atoms with E-state index in [1.54, 1.807) is 20.1 Å². The standard InChI is InChI=1S/C7H12N2O/c1-6(10-3)7(8)4-5-9-2/h4-5H,2,8H2,1,3H3/b5-4-,7-6-. The Labute approximate surface area is 60.9 Å². The van der Waals surface area contributed by atoms with E-state index >= 15 is 0 Å². The van der Waals surface area contributed by atoms with Crippen LogP contribution in [0.15, 0.2) is 28.7 Å². The highest BCUT2D eigenvalue weighted by Gasteiger charge is 1.89. The zero-order valence-electron chi connectivity index (χ0n) is 6.29. The second-order valence-electron chi connectivity index (χ2n) is 1.71. The normalized spacial score (nSPS) is 13.0. The van der Waals surface area contributed by atoms with Crippen LogP contribution in [0.5, 0.6) is 0 Å². The average Bonchev–Trinajstić information content (AvgIpc) is 1.98. The Morgan fingerprint density at radius 1 is 1.70 bits per heavy atom. The van der Waals surface area contributed by atoms with Gasteiger partial charge in [0.25, 0.3) is 0 Å². The summed E-state index contributed by atoms with van der Waals surface area (Å²) in [6.07, 6.45) is 3.14. The second-order valence-corrected chi connectivity index (χ2v) is 1.71. The summed E-state index contributed by atoms with van der Waals surface area (Å²) < 4.78 is 4.85. The zero-order chi connectivity index (χ0) is 7.98. The number of methoxy groups -OCH3 is 1. The van der Waals surface area contributed by atoms with Crippen LogP contribution in [-0.2, 0) is 4.74 Å². The Balaban J connectivity index is 4.17. The molecule has 0 aliphatic heterocycles. The predicted octanol–water partition coefficient (Wildman–Crippen LogP) is 1.04. The van der Waals surface area contributed by atoms with Crippen molar-refractivity contribution in [2.45, 2.75) is 6.92 Å². The summed E-state index contributed by atoms with van der Waals surface area (Å²) in [6.45, 7) is 5.04. The first-order valence-electron chi connectivity index (χ1n) is 2.85. The minimum absolute atomic E-state index is 0.565. The van der Waals surface area contributed by atoms with E-state index in [2.05, 4.69) is 11.7 Å². The summed E-state index contributed by atoms with van der Waals surface area (Å²) in [4.78, 5) is 3.49. The lowest BCUT2D eigenvalue weighted by Crippen LogP contribution is -1.98. The third kappa shape index (κ3) is 2.91. The lowest BCUT2D eigenvalue weighted by Gasteiger charge is -1.99. The molecule has 2 N–H and O–H groups in total. The first-order valence-corrected chi connectivity index (χ1v) is 2.85. The highest BCUT2D eigenvalue weighted by Crippen LogP contribution is 1.98. The smallest absolute Gasteiger partial charge is 0.115 e. The second kappa shape index (κ2) is 4.61. The molecule has 0 radical (unpaired) electrons. The van der Waals surface area contributed by atoms with E-state index in [0.29, 0.717) is 11.5 Å². The molecule has 0 aromatic heterocycles. The highest BCUT2D eigenvalue weighted by atomic mass is 16.5. The molecule has 3 heteroatoms. The van der Waals surface area contributed by atoms with Gasteiger partial charge in [-0.2, -0.15) is 0 Å². The molecule has 0 unspecified atom stereocenters. The fourth-order valence-corrected chi connectivity index (χ4v) is 0.368. The lowest BCUT2D eigenvalue weighted by molar-refractivity contribution is 0.289. The lowest BCUT2D eigenvalue weighted by atomic mass is 10.4. The molecule has 3 nitrogen and oxygen atoms in total. The molecule has 0 amide bonds. The van der Waals surface area contributed by atoms with Gasteiger partial charge < -0.3 is 10.5 Å². The number of aliphatic imine (C=N–C) groups is 1. The van der Waals surface area contributed by atoms with Gasteiger partial charge in [-0.15, -0.1) is 0 Å². The van der Waals surface area contributed by atoms with Crippen molar-refractivity contribution in [2.24, 2.45) is 10.7 Å². The fourth-order valence-electron chi connectivity index (χ4n) is 0.368. The van der Waals surface area contributed by atoms with Crippen molar-refractivity contribution < 1.29 is 4.74 Å². The topological polar surface area (TPSA) is 47.6 Å². The number of rotatable bonds is 3. The van der Waals surface area contributed by atoms with Crippen LogP contribution >= 0.6 is 0 Å².